The number of nitrogens with two attached hydrogens (primary N) is 1. The Labute approximate surface area is 135 Å². The molecule has 0 radical (unpaired) electrons. The number of halogens is 4. The van der Waals surface area contributed by atoms with Crippen molar-refractivity contribution in [3.63, 3.8) is 0 Å². The number of alkyl halides is 3. The summed E-state index contributed by atoms with van der Waals surface area (Å²) >= 11 is 6.17. The minimum Gasteiger partial charge on any atom is -0.386 e. The standard InChI is InChI=1S/C16H11ClF3N3/c17-12-4-2-1-3-10(12)15-11-7-9(16(18,19)20)5-6-13(11)23-14(21)8-22-15/h1-7H,8H2,(H2,21,23). The van der Waals surface area contributed by atoms with Crippen molar-refractivity contribution in [2.75, 3.05) is 6.54 Å². The van der Waals surface area contributed by atoms with Gasteiger partial charge in [-0.2, -0.15) is 13.2 Å². The third kappa shape index (κ3) is 3.07. The van der Waals surface area contributed by atoms with Crippen LogP contribution >= 0.6 is 11.6 Å². The molecule has 2 aromatic carbocycles. The van der Waals surface area contributed by atoms with Crippen LogP contribution in [0, 0.1) is 0 Å². The van der Waals surface area contributed by atoms with Gasteiger partial charge in [0.05, 0.1) is 23.5 Å². The molecule has 0 spiro atoms. The van der Waals surface area contributed by atoms with Gasteiger partial charge in [-0.15, -0.1) is 0 Å². The predicted octanol–water partition coefficient (Wildman–Crippen LogP) is 4.20. The zero-order valence-corrected chi connectivity index (χ0v) is 12.5. The second-order valence-electron chi connectivity index (χ2n) is 4.98. The van der Waals surface area contributed by atoms with E-state index in [1.54, 1.807) is 24.3 Å². The Balaban J connectivity index is 2.24. The number of benzene rings is 2. The van der Waals surface area contributed by atoms with Gasteiger partial charge in [0.1, 0.15) is 5.84 Å². The lowest BCUT2D eigenvalue weighted by molar-refractivity contribution is -0.137. The van der Waals surface area contributed by atoms with Crippen LogP contribution in [0.25, 0.3) is 0 Å². The minimum atomic E-state index is -4.46. The average molecular weight is 338 g/mol. The number of amidine groups is 1. The largest absolute Gasteiger partial charge is 0.416 e. The molecule has 0 aromatic heterocycles. The molecule has 0 atom stereocenters. The maximum atomic E-state index is 13.0. The van der Waals surface area contributed by atoms with Gasteiger partial charge >= 0.3 is 6.18 Å². The number of nitrogens with zero attached hydrogens (tertiary/aromatic N) is 2. The monoisotopic (exact) mass is 337 g/mol. The van der Waals surface area contributed by atoms with E-state index in [4.69, 9.17) is 17.3 Å². The van der Waals surface area contributed by atoms with E-state index in [2.05, 4.69) is 9.98 Å². The van der Waals surface area contributed by atoms with E-state index in [1.165, 1.54) is 6.07 Å². The fraction of sp³-hybridized carbons (Fsp3) is 0.125. The van der Waals surface area contributed by atoms with Crippen molar-refractivity contribution in [2.24, 2.45) is 15.7 Å². The van der Waals surface area contributed by atoms with E-state index >= 15 is 0 Å². The Hall–Kier alpha value is -2.34. The molecule has 1 aliphatic heterocycles. The van der Waals surface area contributed by atoms with Crippen molar-refractivity contribution in [1.29, 1.82) is 0 Å². The predicted molar refractivity (Wildman–Crippen MR) is 84.7 cm³/mol. The molecule has 7 heteroatoms. The van der Waals surface area contributed by atoms with Crippen LogP contribution in [0.3, 0.4) is 0 Å². The summed E-state index contributed by atoms with van der Waals surface area (Å²) in [7, 11) is 0. The van der Waals surface area contributed by atoms with Crippen LogP contribution in [0.4, 0.5) is 18.9 Å². The lowest BCUT2D eigenvalue weighted by atomic mass is 9.98. The minimum absolute atomic E-state index is 0.0938. The first kappa shape index (κ1) is 15.6. The first-order valence-electron chi connectivity index (χ1n) is 6.70. The molecule has 1 heterocycles. The van der Waals surface area contributed by atoms with E-state index in [-0.39, 0.29) is 17.9 Å². The Morgan fingerprint density at radius 2 is 1.78 bits per heavy atom. The van der Waals surface area contributed by atoms with Gasteiger partial charge < -0.3 is 5.73 Å². The SMILES string of the molecule is NC1=Nc2ccc(C(F)(F)F)cc2C(c2ccccc2Cl)=NC1. The molecule has 0 bridgehead atoms. The normalized spacial score (nSPS) is 14.6. The Morgan fingerprint density at radius 3 is 2.48 bits per heavy atom. The molecule has 3 nitrogen and oxygen atoms in total. The molecule has 0 unspecified atom stereocenters. The molecule has 2 aromatic rings. The molecule has 0 amide bonds. The zero-order valence-electron chi connectivity index (χ0n) is 11.7. The maximum Gasteiger partial charge on any atom is 0.416 e. The third-order valence-electron chi connectivity index (χ3n) is 3.37. The molecular weight excluding hydrogens is 327 g/mol. The lowest BCUT2D eigenvalue weighted by Gasteiger charge is -2.13. The lowest BCUT2D eigenvalue weighted by Crippen LogP contribution is -2.15. The van der Waals surface area contributed by atoms with Crippen LogP contribution in [0.1, 0.15) is 16.7 Å². The van der Waals surface area contributed by atoms with Crippen molar-refractivity contribution in [1.82, 2.24) is 0 Å². The van der Waals surface area contributed by atoms with Gasteiger partial charge in [-0.25, -0.2) is 4.99 Å². The van der Waals surface area contributed by atoms with Gasteiger partial charge in [-0.1, -0.05) is 29.8 Å². The molecule has 2 N–H and O–H groups in total. The molecule has 3 rings (SSSR count). The van der Waals surface area contributed by atoms with Crippen LogP contribution in [0.2, 0.25) is 5.02 Å². The van der Waals surface area contributed by atoms with Crippen LogP contribution in [0.15, 0.2) is 52.4 Å². The fourth-order valence-corrected chi connectivity index (χ4v) is 2.54. The summed E-state index contributed by atoms with van der Waals surface area (Å²) in [6.07, 6.45) is -4.46. The highest BCUT2D eigenvalue weighted by atomic mass is 35.5. The molecule has 118 valence electrons. The number of hydrogen-bond acceptors (Lipinski definition) is 3. The van der Waals surface area contributed by atoms with E-state index in [9.17, 15) is 13.2 Å². The van der Waals surface area contributed by atoms with Gasteiger partial charge in [0.25, 0.3) is 0 Å². The van der Waals surface area contributed by atoms with Gasteiger partial charge in [-0.05, 0) is 24.3 Å². The van der Waals surface area contributed by atoms with E-state index in [0.29, 0.717) is 22.0 Å². The van der Waals surface area contributed by atoms with Crippen molar-refractivity contribution < 1.29 is 13.2 Å². The van der Waals surface area contributed by atoms with Gasteiger partial charge in [0, 0.05) is 16.1 Å². The third-order valence-corrected chi connectivity index (χ3v) is 3.70. The maximum absolute atomic E-state index is 13.0. The van der Waals surface area contributed by atoms with Crippen LogP contribution in [-0.4, -0.2) is 18.1 Å². The molecule has 1 aliphatic rings. The average Bonchev–Trinajstić information content (AvgIpc) is 2.65. The topological polar surface area (TPSA) is 50.7 Å². The first-order chi connectivity index (χ1) is 10.9. The summed E-state index contributed by atoms with van der Waals surface area (Å²) in [4.78, 5) is 8.45. The quantitative estimate of drug-likeness (QED) is 0.833. The van der Waals surface area contributed by atoms with Crippen LogP contribution in [0.5, 0.6) is 0 Å². The van der Waals surface area contributed by atoms with E-state index in [0.717, 1.165) is 12.1 Å². The summed E-state index contributed by atoms with van der Waals surface area (Å²) < 4.78 is 39.1. The van der Waals surface area contributed by atoms with Crippen molar-refractivity contribution in [2.45, 2.75) is 6.18 Å². The summed E-state index contributed by atoms with van der Waals surface area (Å²) in [5, 5.41) is 0.398. The highest BCUT2D eigenvalue weighted by Gasteiger charge is 2.32. The fourth-order valence-electron chi connectivity index (χ4n) is 2.32. The second-order valence-corrected chi connectivity index (χ2v) is 5.38. The summed E-state index contributed by atoms with van der Waals surface area (Å²) in [5.41, 5.74) is 6.45. The van der Waals surface area contributed by atoms with Gasteiger partial charge in [0.2, 0.25) is 0 Å². The van der Waals surface area contributed by atoms with Crippen molar-refractivity contribution >= 4 is 28.8 Å². The summed E-state index contributed by atoms with van der Waals surface area (Å²) in [5.74, 6) is 0.230. The smallest absolute Gasteiger partial charge is 0.386 e. The first-order valence-corrected chi connectivity index (χ1v) is 7.08. The van der Waals surface area contributed by atoms with Crippen LogP contribution in [-0.2, 0) is 6.18 Å². The van der Waals surface area contributed by atoms with Gasteiger partial charge in [0.15, 0.2) is 0 Å². The summed E-state index contributed by atoms with van der Waals surface area (Å²) in [6.45, 7) is 0.0938. The number of aliphatic imine (C=N–C) groups is 2. The number of hydrogen-bond donors (Lipinski definition) is 1. The highest BCUT2D eigenvalue weighted by molar-refractivity contribution is 6.36. The summed E-state index contributed by atoms with van der Waals surface area (Å²) in [6, 6.07) is 10.1. The Bertz CT molecular complexity index is 826. The molecule has 0 saturated heterocycles. The Morgan fingerprint density at radius 1 is 1.04 bits per heavy atom. The van der Waals surface area contributed by atoms with Crippen molar-refractivity contribution in [3.8, 4) is 0 Å². The zero-order chi connectivity index (χ0) is 16.6. The molecule has 23 heavy (non-hydrogen) atoms. The highest BCUT2D eigenvalue weighted by Crippen LogP contribution is 2.35. The second kappa shape index (κ2) is 5.70. The molecule has 0 fully saturated rings. The number of fused-ring (bicyclic) bond motifs is 1. The van der Waals surface area contributed by atoms with E-state index in [1.807, 2.05) is 0 Å². The number of rotatable bonds is 1. The Kier molecular flexibility index (Phi) is 3.85. The molecule has 0 aliphatic carbocycles. The molecule has 0 saturated carbocycles. The van der Waals surface area contributed by atoms with Crippen molar-refractivity contribution in [3.05, 3.63) is 64.2 Å². The van der Waals surface area contributed by atoms with E-state index < -0.39 is 11.7 Å². The molecular formula is C16H11ClF3N3. The van der Waals surface area contributed by atoms with Crippen LogP contribution < -0.4 is 5.73 Å². The van der Waals surface area contributed by atoms with Gasteiger partial charge in [-0.3, -0.25) is 4.99 Å².